The van der Waals surface area contributed by atoms with Crippen LogP contribution in [0.4, 0.5) is 5.95 Å². The Morgan fingerprint density at radius 2 is 1.78 bits per heavy atom. The highest BCUT2D eigenvalue weighted by Crippen LogP contribution is 2.25. The minimum Gasteiger partial charge on any atom is -0.351 e. The van der Waals surface area contributed by atoms with Crippen molar-refractivity contribution in [1.82, 2.24) is 9.97 Å². The number of anilines is 1. The van der Waals surface area contributed by atoms with Gasteiger partial charge in [-0.1, -0.05) is 73.5 Å². The molecule has 0 saturated heterocycles. The number of aromatic nitrogens is 2. The first kappa shape index (κ1) is 26.3. The van der Waals surface area contributed by atoms with Crippen molar-refractivity contribution in [3.63, 3.8) is 0 Å². The molecule has 0 spiro atoms. The van der Waals surface area contributed by atoms with Gasteiger partial charge in [-0.25, -0.2) is 18.4 Å². The third kappa shape index (κ3) is 6.93. The Kier molecular flexibility index (Phi) is 8.77. The zero-order chi connectivity index (χ0) is 25.5. The van der Waals surface area contributed by atoms with Crippen LogP contribution in [0.3, 0.4) is 0 Å². The molecular weight excluding hydrogens is 492 g/mol. The number of aryl methyl sites for hydroxylation is 1. The van der Waals surface area contributed by atoms with E-state index in [1.807, 2.05) is 42.6 Å². The zero-order valence-electron chi connectivity index (χ0n) is 20.5. The molecule has 36 heavy (non-hydrogen) atoms. The molecule has 6 nitrogen and oxygen atoms in total. The van der Waals surface area contributed by atoms with Crippen LogP contribution in [0.25, 0.3) is 12.2 Å². The fourth-order valence-corrected chi connectivity index (χ4v) is 6.35. The summed E-state index contributed by atoms with van der Waals surface area (Å²) in [4.78, 5) is 9.51. The van der Waals surface area contributed by atoms with Crippen LogP contribution >= 0.6 is 11.6 Å². The van der Waals surface area contributed by atoms with E-state index < -0.39 is 9.84 Å². The predicted molar refractivity (Wildman–Crippen MR) is 148 cm³/mol. The molecule has 0 bridgehead atoms. The van der Waals surface area contributed by atoms with Crippen molar-refractivity contribution in [2.24, 2.45) is 5.73 Å². The maximum atomic E-state index is 12.8. The molecule has 8 heteroatoms. The number of nitrogens with zero attached hydrogens (tertiary/aromatic N) is 2. The molecule has 190 valence electrons. The van der Waals surface area contributed by atoms with E-state index in [1.54, 1.807) is 18.2 Å². The van der Waals surface area contributed by atoms with Crippen LogP contribution in [0, 0.1) is 0 Å². The van der Waals surface area contributed by atoms with Gasteiger partial charge in [0.25, 0.3) is 0 Å². The Bertz CT molecular complexity index is 1300. The minimum absolute atomic E-state index is 0.101. The van der Waals surface area contributed by atoms with E-state index in [0.29, 0.717) is 23.6 Å². The first-order valence-electron chi connectivity index (χ1n) is 12.5. The van der Waals surface area contributed by atoms with Gasteiger partial charge in [-0.15, -0.1) is 0 Å². The van der Waals surface area contributed by atoms with E-state index in [2.05, 4.69) is 17.2 Å². The highest BCUT2D eigenvalue weighted by Gasteiger charge is 2.20. The molecule has 1 fully saturated rings. The standard InChI is InChI=1S/C28H33ClN4O2S/c1-2-5-26-22(18-31-28(33-26)32-24-16-14-23(30)15-17-24)13-12-20-8-10-21(11-9-20)19-36(34,35)27-7-4-3-6-25(27)29/h3-4,6-13,18,23-24H,2,5,14-17,19,30H2,1H3,(H,31,32,33)/b13-12+. The van der Waals surface area contributed by atoms with Crippen molar-refractivity contribution in [1.29, 1.82) is 0 Å². The molecule has 0 aliphatic heterocycles. The second kappa shape index (κ2) is 12.0. The van der Waals surface area contributed by atoms with Crippen LogP contribution in [0.5, 0.6) is 0 Å². The topological polar surface area (TPSA) is 98.0 Å². The first-order chi connectivity index (χ1) is 17.3. The number of benzene rings is 2. The maximum absolute atomic E-state index is 12.8. The number of halogens is 1. The molecule has 4 rings (SSSR count). The van der Waals surface area contributed by atoms with Crippen molar-refractivity contribution < 1.29 is 8.42 Å². The molecule has 1 saturated carbocycles. The van der Waals surface area contributed by atoms with Crippen LogP contribution in [0.2, 0.25) is 5.02 Å². The highest BCUT2D eigenvalue weighted by atomic mass is 35.5. The summed E-state index contributed by atoms with van der Waals surface area (Å²) in [5.41, 5.74) is 9.70. The predicted octanol–water partition coefficient (Wildman–Crippen LogP) is 5.91. The molecule has 3 aromatic rings. The quantitative estimate of drug-likeness (QED) is 0.361. The van der Waals surface area contributed by atoms with Crippen LogP contribution in [0.15, 0.2) is 59.6 Å². The van der Waals surface area contributed by atoms with Gasteiger partial charge in [-0.2, -0.15) is 0 Å². The largest absolute Gasteiger partial charge is 0.351 e. The Morgan fingerprint density at radius 3 is 2.47 bits per heavy atom. The summed E-state index contributed by atoms with van der Waals surface area (Å²) in [5, 5.41) is 3.72. The molecule has 1 aliphatic carbocycles. The Labute approximate surface area is 218 Å². The molecule has 3 N–H and O–H groups in total. The van der Waals surface area contributed by atoms with Gasteiger partial charge in [-0.05, 0) is 55.4 Å². The molecule has 1 heterocycles. The van der Waals surface area contributed by atoms with Crippen LogP contribution < -0.4 is 11.1 Å². The van der Waals surface area contributed by atoms with Gasteiger partial charge in [0.1, 0.15) is 0 Å². The number of rotatable bonds is 9. The third-order valence-electron chi connectivity index (χ3n) is 6.46. The number of nitrogens with one attached hydrogen (secondary N) is 1. The second-order valence-corrected chi connectivity index (χ2v) is 11.7. The molecule has 1 aliphatic rings. The lowest BCUT2D eigenvalue weighted by atomic mass is 9.92. The van der Waals surface area contributed by atoms with Crippen molar-refractivity contribution in [2.75, 3.05) is 5.32 Å². The summed E-state index contributed by atoms with van der Waals surface area (Å²) in [5.74, 6) is 0.580. The van der Waals surface area contributed by atoms with Gasteiger partial charge >= 0.3 is 0 Å². The summed E-state index contributed by atoms with van der Waals surface area (Å²) in [6.45, 7) is 2.14. The van der Waals surface area contributed by atoms with Gasteiger partial charge in [-0.3, -0.25) is 0 Å². The van der Waals surface area contributed by atoms with E-state index >= 15 is 0 Å². The van der Waals surface area contributed by atoms with Crippen LogP contribution in [-0.4, -0.2) is 30.5 Å². The molecule has 0 atom stereocenters. The third-order valence-corrected chi connectivity index (χ3v) is 8.64. The summed E-state index contributed by atoms with van der Waals surface area (Å²) in [6.07, 6.45) is 11.9. The summed E-state index contributed by atoms with van der Waals surface area (Å²) < 4.78 is 25.5. The summed E-state index contributed by atoms with van der Waals surface area (Å²) >= 11 is 6.09. The van der Waals surface area contributed by atoms with Crippen LogP contribution in [-0.2, 0) is 22.0 Å². The zero-order valence-corrected chi connectivity index (χ0v) is 22.1. The monoisotopic (exact) mass is 524 g/mol. The number of hydrogen-bond acceptors (Lipinski definition) is 6. The van der Waals surface area contributed by atoms with Crippen molar-refractivity contribution in [3.8, 4) is 0 Å². The molecule has 1 aromatic heterocycles. The van der Waals surface area contributed by atoms with Crippen molar-refractivity contribution in [2.45, 2.75) is 68.2 Å². The Morgan fingerprint density at radius 1 is 1.06 bits per heavy atom. The number of sulfone groups is 1. The smallest absolute Gasteiger partial charge is 0.223 e. The lowest BCUT2D eigenvalue weighted by Gasteiger charge is -2.26. The summed E-state index contributed by atoms with van der Waals surface area (Å²) in [7, 11) is -3.52. The van der Waals surface area contributed by atoms with Gasteiger partial charge in [0, 0.05) is 23.8 Å². The average molecular weight is 525 g/mol. The molecule has 0 radical (unpaired) electrons. The van der Waals surface area contributed by atoms with Crippen LogP contribution in [0.1, 0.15) is 61.4 Å². The molecule has 0 amide bonds. The van der Waals surface area contributed by atoms with Gasteiger partial charge in [0.05, 0.1) is 21.4 Å². The summed E-state index contributed by atoms with van der Waals surface area (Å²) in [6, 6.07) is 14.7. The van der Waals surface area contributed by atoms with Gasteiger partial charge in [0.2, 0.25) is 5.95 Å². The normalized spacial score (nSPS) is 18.4. The Balaban J connectivity index is 1.44. The fourth-order valence-electron chi connectivity index (χ4n) is 4.42. The average Bonchev–Trinajstić information content (AvgIpc) is 2.86. The number of hydrogen-bond donors (Lipinski definition) is 2. The van der Waals surface area contributed by atoms with Gasteiger partial charge < -0.3 is 11.1 Å². The van der Waals surface area contributed by atoms with E-state index in [0.717, 1.165) is 55.3 Å². The molecule has 0 unspecified atom stereocenters. The van der Waals surface area contributed by atoms with Crippen molar-refractivity contribution >= 4 is 39.5 Å². The fraction of sp³-hybridized carbons (Fsp3) is 0.357. The lowest BCUT2D eigenvalue weighted by molar-refractivity contribution is 0.409. The SMILES string of the molecule is CCCc1nc(NC2CCC(N)CC2)ncc1/C=C/c1ccc(CS(=O)(=O)c2ccccc2Cl)cc1. The lowest BCUT2D eigenvalue weighted by Crippen LogP contribution is -2.33. The Hall–Kier alpha value is -2.74. The van der Waals surface area contributed by atoms with E-state index in [4.69, 9.17) is 22.3 Å². The number of nitrogens with two attached hydrogens (primary N) is 1. The maximum Gasteiger partial charge on any atom is 0.223 e. The van der Waals surface area contributed by atoms with E-state index in [9.17, 15) is 8.42 Å². The van der Waals surface area contributed by atoms with E-state index in [-0.39, 0.29) is 15.7 Å². The second-order valence-electron chi connectivity index (χ2n) is 9.37. The molecule has 2 aromatic carbocycles. The van der Waals surface area contributed by atoms with Gasteiger partial charge in [0.15, 0.2) is 9.84 Å². The first-order valence-corrected chi connectivity index (χ1v) is 14.5. The van der Waals surface area contributed by atoms with E-state index in [1.165, 1.54) is 6.07 Å². The highest BCUT2D eigenvalue weighted by molar-refractivity contribution is 7.90. The molecular formula is C28H33ClN4O2S. The minimum atomic E-state index is -3.52. The van der Waals surface area contributed by atoms with Crippen molar-refractivity contribution in [3.05, 3.63) is 82.1 Å².